The van der Waals surface area contributed by atoms with Crippen LogP contribution in [-0.2, 0) is 11.3 Å². The van der Waals surface area contributed by atoms with Gasteiger partial charge in [0.2, 0.25) is 5.91 Å². The van der Waals surface area contributed by atoms with Crippen molar-refractivity contribution in [3.63, 3.8) is 0 Å². The van der Waals surface area contributed by atoms with Crippen LogP contribution in [0.1, 0.15) is 50.5 Å². The molecule has 1 saturated heterocycles. The number of hydrogen-bond acceptors (Lipinski definition) is 4. The van der Waals surface area contributed by atoms with Crippen LogP contribution in [0.4, 0.5) is 0 Å². The first kappa shape index (κ1) is 17.9. The van der Waals surface area contributed by atoms with Gasteiger partial charge in [-0.2, -0.15) is 10.4 Å². The summed E-state index contributed by atoms with van der Waals surface area (Å²) in [5, 5.41) is 14.1. The maximum Gasteiger partial charge on any atom is 0.237 e. The number of likely N-dealkylation sites (tertiary alicyclic amines) is 1. The molecule has 0 spiro atoms. The van der Waals surface area contributed by atoms with E-state index in [0.29, 0.717) is 12.6 Å². The summed E-state index contributed by atoms with van der Waals surface area (Å²) >= 11 is 0. The highest BCUT2D eigenvalue weighted by molar-refractivity contribution is 5.79. The van der Waals surface area contributed by atoms with E-state index < -0.39 is 5.54 Å². The predicted molar refractivity (Wildman–Crippen MR) is 95.8 cm³/mol. The Kier molecular flexibility index (Phi) is 5.43. The number of nitriles is 1. The standard InChI is InChI=1S/C19H29N5O/c1-16-11-21-24(12-16)13-17-7-6-10-23(17)14-18(25)22(2)19(15-20)8-4-3-5-9-19/h11-12,17H,3-10,13-14H2,1-2H3/t17-/m1/s1. The van der Waals surface area contributed by atoms with Crippen LogP contribution < -0.4 is 0 Å². The summed E-state index contributed by atoms with van der Waals surface area (Å²) in [7, 11) is 1.82. The lowest BCUT2D eigenvalue weighted by atomic mass is 9.81. The lowest BCUT2D eigenvalue weighted by molar-refractivity contribution is -0.136. The zero-order valence-corrected chi connectivity index (χ0v) is 15.4. The van der Waals surface area contributed by atoms with E-state index >= 15 is 0 Å². The molecule has 3 rings (SSSR count). The number of likely N-dealkylation sites (N-methyl/N-ethyl adjacent to an activating group) is 1. The lowest BCUT2D eigenvalue weighted by Gasteiger charge is -2.40. The van der Waals surface area contributed by atoms with Crippen LogP contribution >= 0.6 is 0 Å². The van der Waals surface area contributed by atoms with Gasteiger partial charge in [0.15, 0.2) is 0 Å². The van der Waals surface area contributed by atoms with E-state index in [2.05, 4.69) is 22.3 Å². The summed E-state index contributed by atoms with van der Waals surface area (Å²) in [5.74, 6) is 0.0759. The first-order chi connectivity index (χ1) is 12.0. The Hall–Kier alpha value is -1.87. The summed E-state index contributed by atoms with van der Waals surface area (Å²) in [5.41, 5.74) is 0.567. The van der Waals surface area contributed by atoms with Crippen LogP contribution in [0, 0.1) is 18.3 Å². The molecule has 2 heterocycles. The Morgan fingerprint density at radius 1 is 1.40 bits per heavy atom. The third-order valence-corrected chi connectivity index (χ3v) is 5.90. The number of nitrogens with zero attached hydrogens (tertiary/aromatic N) is 5. The average molecular weight is 343 g/mol. The monoisotopic (exact) mass is 343 g/mol. The topological polar surface area (TPSA) is 65.2 Å². The highest BCUT2D eigenvalue weighted by Crippen LogP contribution is 2.32. The Morgan fingerprint density at radius 3 is 2.80 bits per heavy atom. The molecule has 1 aromatic rings. The average Bonchev–Trinajstić information content (AvgIpc) is 3.24. The minimum absolute atomic E-state index is 0.0759. The van der Waals surface area contributed by atoms with Crippen molar-refractivity contribution < 1.29 is 4.79 Å². The molecule has 25 heavy (non-hydrogen) atoms. The van der Waals surface area contributed by atoms with Gasteiger partial charge in [0, 0.05) is 19.3 Å². The first-order valence-electron chi connectivity index (χ1n) is 9.45. The summed E-state index contributed by atoms with van der Waals surface area (Å²) in [6, 6.07) is 2.80. The Labute approximate surface area is 150 Å². The Balaban J connectivity index is 1.62. The number of aromatic nitrogens is 2. The quantitative estimate of drug-likeness (QED) is 0.823. The Bertz CT molecular complexity index is 640. The highest BCUT2D eigenvalue weighted by atomic mass is 16.2. The molecule has 6 nitrogen and oxygen atoms in total. The zero-order chi connectivity index (χ0) is 17.9. The van der Waals surface area contributed by atoms with Gasteiger partial charge in [0.1, 0.15) is 5.54 Å². The number of amides is 1. The van der Waals surface area contributed by atoms with E-state index in [1.807, 2.05) is 24.9 Å². The molecule has 2 aliphatic rings. The lowest BCUT2D eigenvalue weighted by Crippen LogP contribution is -2.53. The third kappa shape index (κ3) is 3.87. The molecule has 1 amide bonds. The van der Waals surface area contributed by atoms with Gasteiger partial charge in [-0.3, -0.25) is 14.4 Å². The zero-order valence-electron chi connectivity index (χ0n) is 15.4. The van der Waals surface area contributed by atoms with Gasteiger partial charge in [0.25, 0.3) is 0 Å². The summed E-state index contributed by atoms with van der Waals surface area (Å²) in [6.07, 6.45) is 11.0. The van der Waals surface area contributed by atoms with Crippen LogP contribution in [0.3, 0.4) is 0 Å². The molecule has 1 aromatic heterocycles. The summed E-state index contributed by atoms with van der Waals surface area (Å²) in [6.45, 7) is 4.23. The van der Waals surface area contributed by atoms with Crippen molar-refractivity contribution in [2.75, 3.05) is 20.1 Å². The molecule has 6 heteroatoms. The number of hydrogen-bond donors (Lipinski definition) is 0. The van der Waals surface area contributed by atoms with E-state index in [0.717, 1.165) is 57.2 Å². The van der Waals surface area contributed by atoms with Gasteiger partial charge in [-0.15, -0.1) is 0 Å². The van der Waals surface area contributed by atoms with E-state index in [4.69, 9.17) is 0 Å². The van der Waals surface area contributed by atoms with Crippen molar-refractivity contribution in [3.05, 3.63) is 18.0 Å². The molecule has 0 bridgehead atoms. The van der Waals surface area contributed by atoms with Crippen LogP contribution in [0.25, 0.3) is 0 Å². The smallest absolute Gasteiger partial charge is 0.237 e. The van der Waals surface area contributed by atoms with Crippen LogP contribution in [0.15, 0.2) is 12.4 Å². The molecule has 0 aromatic carbocycles. The molecule has 1 saturated carbocycles. The van der Waals surface area contributed by atoms with Crippen LogP contribution in [0.5, 0.6) is 0 Å². The molecule has 0 N–H and O–H groups in total. The van der Waals surface area contributed by atoms with Crippen molar-refractivity contribution in [1.29, 1.82) is 5.26 Å². The number of carbonyl (C=O) groups excluding carboxylic acids is 1. The van der Waals surface area contributed by atoms with Gasteiger partial charge in [-0.25, -0.2) is 0 Å². The molecular weight excluding hydrogens is 314 g/mol. The van der Waals surface area contributed by atoms with Crippen molar-refractivity contribution in [2.45, 2.75) is 70.0 Å². The van der Waals surface area contributed by atoms with Gasteiger partial charge >= 0.3 is 0 Å². The van der Waals surface area contributed by atoms with Gasteiger partial charge < -0.3 is 4.90 Å². The summed E-state index contributed by atoms with van der Waals surface area (Å²) < 4.78 is 1.98. The molecule has 0 unspecified atom stereocenters. The van der Waals surface area contributed by atoms with Gasteiger partial charge in [-0.1, -0.05) is 19.3 Å². The second kappa shape index (κ2) is 7.57. The molecule has 1 atom stereocenters. The fraction of sp³-hybridized carbons (Fsp3) is 0.737. The summed E-state index contributed by atoms with van der Waals surface area (Å²) in [4.78, 5) is 16.9. The van der Waals surface area contributed by atoms with E-state index in [1.54, 1.807) is 4.90 Å². The fourth-order valence-corrected chi connectivity index (χ4v) is 4.27. The molecule has 0 radical (unpaired) electrons. The molecule has 2 fully saturated rings. The minimum atomic E-state index is -0.594. The maximum atomic E-state index is 12.9. The molecular formula is C19H29N5O. The van der Waals surface area contributed by atoms with Gasteiger partial charge in [0.05, 0.1) is 25.4 Å². The number of rotatable bonds is 5. The van der Waals surface area contributed by atoms with Crippen molar-refractivity contribution in [1.82, 2.24) is 19.6 Å². The normalized spacial score (nSPS) is 23.3. The molecule has 136 valence electrons. The minimum Gasteiger partial charge on any atom is -0.326 e. The molecule has 1 aliphatic heterocycles. The molecule has 1 aliphatic carbocycles. The SMILES string of the molecule is Cc1cnn(C[C@H]2CCCN2CC(=O)N(C)C2(C#N)CCCCC2)c1. The van der Waals surface area contributed by atoms with Crippen LogP contribution in [-0.4, -0.2) is 57.2 Å². The number of aryl methyl sites for hydroxylation is 1. The highest BCUT2D eigenvalue weighted by Gasteiger charge is 2.39. The second-order valence-corrected chi connectivity index (χ2v) is 7.66. The first-order valence-corrected chi connectivity index (χ1v) is 9.45. The van der Waals surface area contributed by atoms with E-state index in [-0.39, 0.29) is 5.91 Å². The number of carbonyl (C=O) groups is 1. The third-order valence-electron chi connectivity index (χ3n) is 5.90. The largest absolute Gasteiger partial charge is 0.326 e. The predicted octanol–water partition coefficient (Wildman–Crippen LogP) is 2.34. The van der Waals surface area contributed by atoms with Crippen molar-refractivity contribution in [3.8, 4) is 6.07 Å². The van der Waals surface area contributed by atoms with Crippen molar-refractivity contribution in [2.24, 2.45) is 0 Å². The fourth-order valence-electron chi connectivity index (χ4n) is 4.27. The second-order valence-electron chi connectivity index (χ2n) is 7.66. The van der Waals surface area contributed by atoms with E-state index in [9.17, 15) is 10.1 Å². The Morgan fingerprint density at radius 2 is 2.16 bits per heavy atom. The van der Waals surface area contributed by atoms with Gasteiger partial charge in [-0.05, 0) is 44.7 Å². The van der Waals surface area contributed by atoms with E-state index in [1.165, 1.54) is 6.42 Å². The van der Waals surface area contributed by atoms with Crippen molar-refractivity contribution >= 4 is 5.91 Å². The van der Waals surface area contributed by atoms with Crippen LogP contribution in [0.2, 0.25) is 0 Å². The maximum absolute atomic E-state index is 12.9.